The van der Waals surface area contributed by atoms with Gasteiger partial charge in [0, 0.05) is 30.4 Å². The molecule has 0 aromatic heterocycles. The molecule has 5 atom stereocenters. The van der Waals surface area contributed by atoms with Crippen LogP contribution in [0.25, 0.3) is 0 Å². The number of carbonyl (C=O) groups is 6. The molecule has 0 saturated heterocycles. The van der Waals surface area contributed by atoms with Gasteiger partial charge in [-0.25, -0.2) is 24.0 Å². The molecule has 4 rings (SSSR count). The van der Waals surface area contributed by atoms with Gasteiger partial charge >= 0.3 is 35.8 Å². The quantitative estimate of drug-likeness (QED) is 0.237. The summed E-state index contributed by atoms with van der Waals surface area (Å²) in [5.41, 5.74) is -4.35. The van der Waals surface area contributed by atoms with E-state index in [0.717, 1.165) is 42.7 Å². The second-order valence-corrected chi connectivity index (χ2v) is 8.58. The van der Waals surface area contributed by atoms with Crippen LogP contribution in [0.1, 0.15) is 0 Å². The SMILES string of the molecule is COC(=O)C1=C[C@@H]2C=C[C@@H]([C@@H]1C(=O)OC)[C@H]1C(C(=O)OC)=C(C(=O)OC)C(C(=O)OC)=C(C(=O)OC)[C@]21OC. The number of hydrogen-bond acceptors (Lipinski definition) is 13. The molecule has 0 aromatic rings. The van der Waals surface area contributed by atoms with Crippen LogP contribution in [0.3, 0.4) is 0 Å². The number of esters is 6. The highest BCUT2D eigenvalue weighted by Gasteiger charge is 2.66. The summed E-state index contributed by atoms with van der Waals surface area (Å²) >= 11 is 0. The maximum atomic E-state index is 13.5. The van der Waals surface area contributed by atoms with Gasteiger partial charge in [-0.15, -0.1) is 0 Å². The van der Waals surface area contributed by atoms with Crippen LogP contribution < -0.4 is 0 Å². The lowest BCUT2D eigenvalue weighted by Gasteiger charge is -2.51. The van der Waals surface area contributed by atoms with Gasteiger partial charge in [-0.2, -0.15) is 0 Å². The highest BCUT2D eigenvalue weighted by atomic mass is 16.6. The highest BCUT2D eigenvalue weighted by molar-refractivity contribution is 6.17. The lowest BCUT2D eigenvalue weighted by atomic mass is 9.56. The van der Waals surface area contributed by atoms with E-state index in [9.17, 15) is 28.8 Å². The average molecular weight is 548 g/mol. The number of hydrogen-bond donors (Lipinski definition) is 0. The zero-order chi connectivity index (χ0) is 29.2. The van der Waals surface area contributed by atoms with Gasteiger partial charge in [0.2, 0.25) is 0 Å². The monoisotopic (exact) mass is 548 g/mol. The first-order chi connectivity index (χ1) is 18.5. The second-order valence-electron chi connectivity index (χ2n) is 8.58. The summed E-state index contributed by atoms with van der Waals surface area (Å²) in [6, 6.07) is 0. The molecule has 13 heteroatoms. The van der Waals surface area contributed by atoms with Gasteiger partial charge in [0.15, 0.2) is 0 Å². The van der Waals surface area contributed by atoms with Crippen molar-refractivity contribution in [1.29, 1.82) is 0 Å². The summed E-state index contributed by atoms with van der Waals surface area (Å²) in [5.74, 6) is -11.3. The van der Waals surface area contributed by atoms with Gasteiger partial charge in [0.25, 0.3) is 0 Å². The Morgan fingerprint density at radius 2 is 1.18 bits per heavy atom. The van der Waals surface area contributed by atoms with Crippen molar-refractivity contribution < 1.29 is 61.9 Å². The molecule has 0 saturated carbocycles. The summed E-state index contributed by atoms with van der Waals surface area (Å²) in [4.78, 5) is 79.4. The molecule has 0 fully saturated rings. The molecule has 210 valence electrons. The molecule has 2 bridgehead atoms. The van der Waals surface area contributed by atoms with Gasteiger partial charge in [-0.1, -0.05) is 18.2 Å². The maximum absolute atomic E-state index is 13.5. The van der Waals surface area contributed by atoms with Crippen molar-refractivity contribution in [2.75, 3.05) is 49.8 Å². The highest BCUT2D eigenvalue weighted by Crippen LogP contribution is 2.59. The first-order valence-corrected chi connectivity index (χ1v) is 11.5. The number of fused-ring (bicyclic) bond motifs is 1. The number of rotatable bonds is 7. The largest absolute Gasteiger partial charge is 0.469 e. The van der Waals surface area contributed by atoms with Crippen molar-refractivity contribution in [2.24, 2.45) is 23.7 Å². The van der Waals surface area contributed by atoms with E-state index in [-0.39, 0.29) is 5.57 Å². The lowest BCUT2D eigenvalue weighted by Crippen LogP contribution is -2.59. The third-order valence-corrected chi connectivity index (χ3v) is 7.22. The first-order valence-electron chi connectivity index (χ1n) is 11.5. The van der Waals surface area contributed by atoms with Crippen molar-refractivity contribution in [3.8, 4) is 0 Å². The summed E-state index contributed by atoms with van der Waals surface area (Å²) in [6.45, 7) is 0. The molecule has 0 aliphatic heterocycles. The van der Waals surface area contributed by atoms with Crippen molar-refractivity contribution >= 4 is 35.8 Å². The van der Waals surface area contributed by atoms with E-state index in [1.54, 1.807) is 6.08 Å². The Labute approximate surface area is 223 Å². The minimum atomic E-state index is -1.99. The molecule has 0 radical (unpaired) electrons. The Bertz CT molecular complexity index is 1250. The van der Waals surface area contributed by atoms with E-state index >= 15 is 0 Å². The summed E-state index contributed by atoms with van der Waals surface area (Å²) in [6.07, 6.45) is 4.42. The van der Waals surface area contributed by atoms with E-state index < -0.39 is 87.4 Å². The fourth-order valence-corrected chi connectivity index (χ4v) is 5.73. The smallest absolute Gasteiger partial charge is 0.339 e. The Morgan fingerprint density at radius 3 is 1.67 bits per heavy atom. The Balaban J connectivity index is 2.66. The molecule has 0 aromatic carbocycles. The van der Waals surface area contributed by atoms with E-state index in [0.29, 0.717) is 0 Å². The normalized spacial score (nSPS) is 27.0. The molecular formula is C26H28O13. The average Bonchev–Trinajstić information content (AvgIpc) is 3.23. The van der Waals surface area contributed by atoms with E-state index in [2.05, 4.69) is 0 Å². The first kappa shape index (κ1) is 29.3. The van der Waals surface area contributed by atoms with Crippen molar-refractivity contribution in [3.05, 3.63) is 46.1 Å². The molecule has 13 nitrogen and oxygen atoms in total. The van der Waals surface area contributed by atoms with Crippen molar-refractivity contribution in [2.45, 2.75) is 5.60 Å². The van der Waals surface area contributed by atoms with Crippen LogP contribution in [0.15, 0.2) is 46.1 Å². The van der Waals surface area contributed by atoms with Gasteiger partial charge in [-0.05, 0) is 0 Å². The Morgan fingerprint density at radius 1 is 0.641 bits per heavy atom. The van der Waals surface area contributed by atoms with Crippen LogP contribution >= 0.6 is 0 Å². The predicted octanol–water partition coefficient (Wildman–Crippen LogP) is -0.00900. The van der Waals surface area contributed by atoms with E-state index in [1.807, 2.05) is 0 Å². The number of ether oxygens (including phenoxy) is 7. The minimum Gasteiger partial charge on any atom is -0.469 e. The van der Waals surface area contributed by atoms with Gasteiger partial charge in [0.05, 0.1) is 70.9 Å². The van der Waals surface area contributed by atoms with Crippen LogP contribution in [0.4, 0.5) is 0 Å². The van der Waals surface area contributed by atoms with Crippen molar-refractivity contribution in [1.82, 2.24) is 0 Å². The van der Waals surface area contributed by atoms with Gasteiger partial charge in [-0.3, -0.25) is 4.79 Å². The molecule has 4 aliphatic carbocycles. The number of carbonyl (C=O) groups excluding carboxylic acids is 6. The van der Waals surface area contributed by atoms with Crippen LogP contribution in [0, 0.1) is 23.7 Å². The van der Waals surface area contributed by atoms with Crippen LogP contribution in [-0.2, 0) is 61.9 Å². The zero-order valence-corrected chi connectivity index (χ0v) is 22.3. The second kappa shape index (κ2) is 11.2. The van der Waals surface area contributed by atoms with Gasteiger partial charge < -0.3 is 33.2 Å². The van der Waals surface area contributed by atoms with Crippen LogP contribution in [0.5, 0.6) is 0 Å². The fourth-order valence-electron chi connectivity index (χ4n) is 5.73. The molecular weight excluding hydrogens is 520 g/mol. The molecule has 0 spiro atoms. The maximum Gasteiger partial charge on any atom is 0.339 e. The third-order valence-electron chi connectivity index (χ3n) is 7.22. The molecule has 0 heterocycles. The minimum absolute atomic E-state index is 0.150. The Kier molecular flexibility index (Phi) is 8.44. The number of methoxy groups -OCH3 is 7. The third kappa shape index (κ3) is 4.22. The standard InChI is InChI=1S/C26H28O13/c1-33-20(27)13-10-11-8-9-12(14(13)21(28)34-2)18-16(23(30)36-4)15(22(29)35-3)17(24(31)37-5)19(25(32)38-6)26(11,18)39-7/h8-12,14,18H,1-7H3/t11-,12-,14-,18-,26-/m0/s1. The summed E-state index contributed by atoms with van der Waals surface area (Å²) in [5, 5.41) is 0. The molecule has 4 aliphatic rings. The zero-order valence-electron chi connectivity index (χ0n) is 22.3. The molecule has 0 amide bonds. The van der Waals surface area contributed by atoms with E-state index in [1.165, 1.54) is 19.3 Å². The topological polar surface area (TPSA) is 167 Å². The molecule has 0 N–H and O–H groups in total. The Hall–Kier alpha value is -4.26. The summed E-state index contributed by atoms with van der Waals surface area (Å²) < 4.78 is 35.7. The van der Waals surface area contributed by atoms with E-state index in [4.69, 9.17) is 33.2 Å². The predicted molar refractivity (Wildman–Crippen MR) is 127 cm³/mol. The van der Waals surface area contributed by atoms with Crippen molar-refractivity contribution in [3.63, 3.8) is 0 Å². The molecule has 0 unspecified atom stereocenters. The van der Waals surface area contributed by atoms with Crippen LogP contribution in [-0.4, -0.2) is 91.2 Å². The summed E-state index contributed by atoms with van der Waals surface area (Å²) in [7, 11) is 7.51. The van der Waals surface area contributed by atoms with Crippen LogP contribution in [0.2, 0.25) is 0 Å². The number of allylic oxidation sites excluding steroid dienone is 1. The molecule has 39 heavy (non-hydrogen) atoms. The lowest BCUT2D eigenvalue weighted by molar-refractivity contribution is -0.154. The van der Waals surface area contributed by atoms with Gasteiger partial charge in [0.1, 0.15) is 5.60 Å². The fraction of sp³-hybridized carbons (Fsp3) is 0.462.